The van der Waals surface area contributed by atoms with Gasteiger partial charge in [-0.1, -0.05) is 6.92 Å². The Bertz CT molecular complexity index is 1030. The molecule has 0 bridgehead atoms. The second-order valence-electron chi connectivity index (χ2n) is 8.14. The molecule has 3 aromatic rings. The molecule has 3 nitrogen and oxygen atoms in total. The Morgan fingerprint density at radius 1 is 1.23 bits per heavy atom. The van der Waals surface area contributed by atoms with E-state index >= 15 is 4.39 Å². The van der Waals surface area contributed by atoms with Crippen molar-refractivity contribution in [3.05, 3.63) is 47.2 Å². The van der Waals surface area contributed by atoms with Crippen LogP contribution in [0.2, 0.25) is 0 Å². The van der Waals surface area contributed by atoms with Crippen LogP contribution in [-0.2, 0) is 10.2 Å². The highest BCUT2D eigenvalue weighted by Gasteiger charge is 2.53. The number of hydrogen-bond donors (Lipinski definition) is 1. The maximum atomic E-state index is 15.1. The summed E-state index contributed by atoms with van der Waals surface area (Å²) in [6.07, 6.45) is 2.78. The van der Waals surface area contributed by atoms with Crippen molar-refractivity contribution in [1.29, 1.82) is 0 Å². The van der Waals surface area contributed by atoms with Gasteiger partial charge in [0.25, 0.3) is 0 Å². The van der Waals surface area contributed by atoms with Gasteiger partial charge in [0, 0.05) is 35.0 Å². The smallest absolute Gasteiger partial charge is 0.133 e. The zero-order chi connectivity index (χ0) is 18.1. The van der Waals surface area contributed by atoms with Crippen LogP contribution in [0.15, 0.2) is 35.8 Å². The van der Waals surface area contributed by atoms with E-state index in [1.165, 1.54) is 0 Å². The third-order valence-corrected chi connectivity index (χ3v) is 6.89. The lowest BCUT2D eigenvalue weighted by Gasteiger charge is -2.48. The number of nitrogens with one attached hydrogen (secondary N) is 1. The molecule has 5 rings (SSSR count). The summed E-state index contributed by atoms with van der Waals surface area (Å²) in [6, 6.07) is 7.58. The van der Waals surface area contributed by atoms with Gasteiger partial charge in [0.2, 0.25) is 0 Å². The minimum atomic E-state index is -0.232. The number of rotatable bonds is 1. The molecule has 2 aliphatic heterocycles. The van der Waals surface area contributed by atoms with E-state index < -0.39 is 0 Å². The van der Waals surface area contributed by atoms with Crippen molar-refractivity contribution in [3.8, 4) is 11.1 Å². The van der Waals surface area contributed by atoms with E-state index in [0.29, 0.717) is 5.56 Å². The van der Waals surface area contributed by atoms with Gasteiger partial charge in [-0.2, -0.15) is 0 Å². The SMILES string of the molecule is CC1(C)Nc2cc(F)c(-c3ccnc4ccsc34)cc2C2(C)CCOC12. The lowest BCUT2D eigenvalue weighted by molar-refractivity contribution is 0.0352. The summed E-state index contributed by atoms with van der Waals surface area (Å²) in [6.45, 7) is 7.26. The van der Waals surface area contributed by atoms with E-state index in [1.54, 1.807) is 23.6 Å². The van der Waals surface area contributed by atoms with Gasteiger partial charge in [0.15, 0.2) is 0 Å². The fourth-order valence-electron chi connectivity index (χ4n) is 4.84. The number of hydrogen-bond acceptors (Lipinski definition) is 4. The molecule has 2 unspecified atom stereocenters. The van der Waals surface area contributed by atoms with E-state index in [1.807, 2.05) is 23.6 Å². The number of benzene rings is 1. The number of fused-ring (bicyclic) bond motifs is 4. The topological polar surface area (TPSA) is 34.2 Å². The van der Waals surface area contributed by atoms with Gasteiger partial charge in [-0.05, 0) is 55.5 Å². The number of ether oxygens (including phenoxy) is 1. The number of thiophene rings is 1. The predicted octanol–water partition coefficient (Wildman–Crippen LogP) is 5.35. The zero-order valence-corrected chi connectivity index (χ0v) is 15.9. The Labute approximate surface area is 156 Å². The Morgan fingerprint density at radius 2 is 2.08 bits per heavy atom. The largest absolute Gasteiger partial charge is 0.377 e. The van der Waals surface area contributed by atoms with Crippen molar-refractivity contribution in [3.63, 3.8) is 0 Å². The average molecular weight is 368 g/mol. The van der Waals surface area contributed by atoms with Crippen LogP contribution in [0, 0.1) is 5.82 Å². The molecular weight excluding hydrogens is 347 g/mol. The van der Waals surface area contributed by atoms with Crippen LogP contribution in [-0.4, -0.2) is 23.2 Å². The van der Waals surface area contributed by atoms with Crippen LogP contribution >= 0.6 is 11.3 Å². The van der Waals surface area contributed by atoms with Gasteiger partial charge in [-0.15, -0.1) is 11.3 Å². The minimum Gasteiger partial charge on any atom is -0.377 e. The van der Waals surface area contributed by atoms with Gasteiger partial charge < -0.3 is 10.1 Å². The van der Waals surface area contributed by atoms with Crippen molar-refractivity contribution in [1.82, 2.24) is 4.98 Å². The van der Waals surface area contributed by atoms with Gasteiger partial charge in [-0.3, -0.25) is 4.98 Å². The zero-order valence-electron chi connectivity index (χ0n) is 15.1. The molecule has 0 saturated carbocycles. The van der Waals surface area contributed by atoms with Gasteiger partial charge in [-0.25, -0.2) is 4.39 Å². The maximum Gasteiger partial charge on any atom is 0.133 e. The molecule has 1 saturated heterocycles. The van der Waals surface area contributed by atoms with E-state index in [0.717, 1.165) is 40.1 Å². The predicted molar refractivity (Wildman–Crippen MR) is 104 cm³/mol. The van der Waals surface area contributed by atoms with Crippen LogP contribution in [0.3, 0.4) is 0 Å². The molecule has 1 fully saturated rings. The number of anilines is 1. The number of nitrogens with zero attached hydrogens (tertiary/aromatic N) is 1. The summed E-state index contributed by atoms with van der Waals surface area (Å²) in [7, 11) is 0. The molecule has 1 aromatic carbocycles. The van der Waals surface area contributed by atoms with Crippen LogP contribution in [0.5, 0.6) is 0 Å². The summed E-state index contributed by atoms with van der Waals surface area (Å²) in [5, 5.41) is 5.51. The number of halogens is 1. The van der Waals surface area contributed by atoms with Crippen LogP contribution in [0.25, 0.3) is 21.3 Å². The van der Waals surface area contributed by atoms with E-state index in [-0.39, 0.29) is 22.9 Å². The fourth-order valence-corrected chi connectivity index (χ4v) is 5.72. The van der Waals surface area contributed by atoms with Crippen molar-refractivity contribution >= 4 is 27.2 Å². The molecule has 134 valence electrons. The second-order valence-corrected chi connectivity index (χ2v) is 9.05. The molecule has 0 aliphatic carbocycles. The van der Waals surface area contributed by atoms with Crippen molar-refractivity contribution in [2.45, 2.75) is 44.2 Å². The third kappa shape index (κ3) is 2.10. The van der Waals surface area contributed by atoms with Crippen LogP contribution in [0.4, 0.5) is 10.1 Å². The summed E-state index contributed by atoms with van der Waals surface area (Å²) in [5.74, 6) is -0.200. The molecular formula is C21H21FN2OS. The maximum absolute atomic E-state index is 15.1. The molecule has 0 spiro atoms. The van der Waals surface area contributed by atoms with E-state index in [2.05, 4.69) is 31.1 Å². The van der Waals surface area contributed by atoms with Crippen LogP contribution < -0.4 is 5.32 Å². The molecule has 2 aliphatic rings. The molecule has 2 atom stereocenters. The second kappa shape index (κ2) is 5.27. The minimum absolute atomic E-state index is 0.0695. The number of pyridine rings is 1. The van der Waals surface area contributed by atoms with Gasteiger partial charge >= 0.3 is 0 Å². The Hall–Kier alpha value is -1.98. The lowest BCUT2D eigenvalue weighted by atomic mass is 9.66. The fraction of sp³-hybridized carbons (Fsp3) is 0.381. The Morgan fingerprint density at radius 3 is 2.92 bits per heavy atom. The molecule has 0 radical (unpaired) electrons. The normalized spacial score (nSPS) is 26.4. The molecule has 0 amide bonds. The first kappa shape index (κ1) is 16.2. The molecule has 5 heteroatoms. The summed E-state index contributed by atoms with van der Waals surface area (Å²) in [5.41, 5.74) is 4.16. The summed E-state index contributed by atoms with van der Waals surface area (Å²) in [4.78, 5) is 4.39. The molecule has 1 N–H and O–H groups in total. The van der Waals surface area contributed by atoms with Crippen molar-refractivity contribution < 1.29 is 9.13 Å². The standard InChI is InChI=1S/C21H21FN2OS/c1-20(2)19-21(3,6-8-25-19)14-10-13(15(22)11-17(14)24-20)12-4-7-23-16-5-9-26-18(12)16/h4-5,7,9-11,19,24H,6,8H2,1-3H3. The Kier molecular flexibility index (Phi) is 3.29. The van der Waals surface area contributed by atoms with Crippen LogP contribution in [0.1, 0.15) is 32.8 Å². The quantitative estimate of drug-likeness (QED) is 0.628. The first-order valence-electron chi connectivity index (χ1n) is 8.96. The van der Waals surface area contributed by atoms with Gasteiger partial charge in [0.1, 0.15) is 5.82 Å². The lowest BCUT2D eigenvalue weighted by Crippen LogP contribution is -2.56. The highest BCUT2D eigenvalue weighted by molar-refractivity contribution is 7.17. The molecule has 4 heterocycles. The van der Waals surface area contributed by atoms with Crippen molar-refractivity contribution in [2.75, 3.05) is 11.9 Å². The highest BCUT2D eigenvalue weighted by Crippen LogP contribution is 2.51. The average Bonchev–Trinajstić information content (AvgIpc) is 3.21. The first-order chi connectivity index (χ1) is 12.4. The Balaban J connectivity index is 1.76. The first-order valence-corrected chi connectivity index (χ1v) is 9.84. The number of aromatic nitrogens is 1. The monoisotopic (exact) mass is 368 g/mol. The van der Waals surface area contributed by atoms with Crippen molar-refractivity contribution in [2.24, 2.45) is 0 Å². The third-order valence-electron chi connectivity index (χ3n) is 5.95. The van der Waals surface area contributed by atoms with E-state index in [9.17, 15) is 0 Å². The van der Waals surface area contributed by atoms with E-state index in [4.69, 9.17) is 4.74 Å². The molecule has 26 heavy (non-hydrogen) atoms. The summed E-state index contributed by atoms with van der Waals surface area (Å²) >= 11 is 1.60. The molecule has 2 aromatic heterocycles. The summed E-state index contributed by atoms with van der Waals surface area (Å²) < 4.78 is 22.3. The van der Waals surface area contributed by atoms with Gasteiger partial charge in [0.05, 0.1) is 21.9 Å². The highest BCUT2D eigenvalue weighted by atomic mass is 32.1.